The average Bonchev–Trinajstić information content (AvgIpc) is 2.42. The van der Waals surface area contributed by atoms with Gasteiger partial charge in [-0.05, 0) is 35.1 Å². The van der Waals surface area contributed by atoms with Gasteiger partial charge >= 0.3 is 0 Å². The summed E-state index contributed by atoms with van der Waals surface area (Å²) in [6.07, 6.45) is 5.73. The maximum atomic E-state index is 3.87. The highest BCUT2D eigenvalue weighted by Gasteiger charge is 2.07. The van der Waals surface area contributed by atoms with E-state index in [1.807, 2.05) is 18.2 Å². The summed E-state index contributed by atoms with van der Waals surface area (Å²) in [7, 11) is 0. The first-order valence-corrected chi connectivity index (χ1v) is 6.24. The van der Waals surface area contributed by atoms with Gasteiger partial charge in [-0.2, -0.15) is 0 Å². The van der Waals surface area contributed by atoms with E-state index in [0.29, 0.717) is 0 Å². The lowest BCUT2D eigenvalue weighted by Crippen LogP contribution is -1.95. The third-order valence-electron chi connectivity index (χ3n) is 3.07. The van der Waals surface area contributed by atoms with Gasteiger partial charge in [0.1, 0.15) is 0 Å². The number of hydrogen-bond donors (Lipinski definition) is 0. The number of rotatable bonds is 5. The zero-order valence-corrected chi connectivity index (χ0v) is 10.6. The molecule has 90 valence electrons. The average molecular weight is 234 g/mol. The Morgan fingerprint density at radius 1 is 0.778 bits per heavy atom. The van der Waals surface area contributed by atoms with Gasteiger partial charge in [-0.25, -0.2) is 0 Å². The molecule has 0 aliphatic carbocycles. The predicted octanol–water partition coefficient (Wildman–Crippen LogP) is 4.81. The maximum Gasteiger partial charge on any atom is -0.00911 e. The number of hydrogen-bond acceptors (Lipinski definition) is 0. The van der Waals surface area contributed by atoms with Crippen LogP contribution < -0.4 is 0 Å². The highest BCUT2D eigenvalue weighted by Crippen LogP contribution is 2.27. The van der Waals surface area contributed by atoms with Crippen molar-refractivity contribution in [1.82, 2.24) is 0 Å². The standard InChI is InChI=1S/C18H18/c1-3-9-15-13-8-14-18(17(15)10-4-2)16-11-6-5-7-12-16/h3-8,11-14H,1-2,9-10H2. The molecule has 0 N–H and O–H groups in total. The van der Waals surface area contributed by atoms with E-state index in [2.05, 4.69) is 55.6 Å². The molecular formula is C18H18. The van der Waals surface area contributed by atoms with E-state index in [9.17, 15) is 0 Å². The Kier molecular flexibility index (Phi) is 4.14. The van der Waals surface area contributed by atoms with Crippen LogP contribution in [0.25, 0.3) is 11.1 Å². The predicted molar refractivity (Wildman–Crippen MR) is 79.7 cm³/mol. The van der Waals surface area contributed by atoms with Crippen LogP contribution >= 0.6 is 0 Å². The highest BCUT2D eigenvalue weighted by molar-refractivity contribution is 5.69. The molecule has 0 fully saturated rings. The molecule has 0 heterocycles. The number of allylic oxidation sites excluding steroid dienone is 2. The Labute approximate surface area is 109 Å². The summed E-state index contributed by atoms with van der Waals surface area (Å²) in [6, 6.07) is 17.0. The van der Waals surface area contributed by atoms with Crippen LogP contribution in [0, 0.1) is 0 Å². The van der Waals surface area contributed by atoms with Crippen molar-refractivity contribution < 1.29 is 0 Å². The van der Waals surface area contributed by atoms with Gasteiger partial charge < -0.3 is 0 Å². The lowest BCUT2D eigenvalue weighted by molar-refractivity contribution is 1.16. The second kappa shape index (κ2) is 6.02. The third kappa shape index (κ3) is 2.60. The maximum absolute atomic E-state index is 3.87. The molecule has 0 spiro atoms. The highest BCUT2D eigenvalue weighted by atomic mass is 14.1. The van der Waals surface area contributed by atoms with Crippen LogP contribution in [0.1, 0.15) is 11.1 Å². The van der Waals surface area contributed by atoms with Crippen LogP contribution in [0.4, 0.5) is 0 Å². The Morgan fingerprint density at radius 2 is 1.50 bits per heavy atom. The molecule has 0 unspecified atom stereocenters. The van der Waals surface area contributed by atoms with Crippen molar-refractivity contribution in [3.63, 3.8) is 0 Å². The molecule has 0 aliphatic heterocycles. The molecule has 0 nitrogen and oxygen atoms in total. The zero-order chi connectivity index (χ0) is 12.8. The quantitative estimate of drug-likeness (QED) is 0.651. The Morgan fingerprint density at radius 3 is 2.17 bits per heavy atom. The Hall–Kier alpha value is -2.08. The van der Waals surface area contributed by atoms with E-state index in [1.165, 1.54) is 22.3 Å². The van der Waals surface area contributed by atoms with Crippen LogP contribution in [0.3, 0.4) is 0 Å². The molecule has 0 aliphatic rings. The SMILES string of the molecule is C=CCc1cccc(-c2ccccc2)c1CC=C. The molecule has 0 heteroatoms. The third-order valence-corrected chi connectivity index (χ3v) is 3.07. The summed E-state index contributed by atoms with van der Waals surface area (Å²) in [6.45, 7) is 7.70. The fourth-order valence-electron chi connectivity index (χ4n) is 2.25. The fraction of sp³-hybridized carbons (Fsp3) is 0.111. The normalized spacial score (nSPS) is 10.0. The second-order valence-electron chi connectivity index (χ2n) is 4.29. The van der Waals surface area contributed by atoms with Gasteiger partial charge in [0.05, 0.1) is 0 Å². The molecule has 18 heavy (non-hydrogen) atoms. The van der Waals surface area contributed by atoms with Crippen LogP contribution in [-0.2, 0) is 12.8 Å². The van der Waals surface area contributed by atoms with Crippen LogP contribution in [0.15, 0.2) is 73.8 Å². The van der Waals surface area contributed by atoms with E-state index < -0.39 is 0 Å². The number of benzene rings is 2. The lowest BCUT2D eigenvalue weighted by Gasteiger charge is -2.13. The lowest BCUT2D eigenvalue weighted by atomic mass is 9.92. The van der Waals surface area contributed by atoms with E-state index in [-0.39, 0.29) is 0 Å². The van der Waals surface area contributed by atoms with Crippen molar-refractivity contribution >= 4 is 0 Å². The molecule has 0 aromatic heterocycles. The molecular weight excluding hydrogens is 216 g/mol. The van der Waals surface area contributed by atoms with Crippen molar-refractivity contribution in [3.8, 4) is 11.1 Å². The molecule has 2 aromatic rings. The zero-order valence-electron chi connectivity index (χ0n) is 10.6. The minimum Gasteiger partial charge on any atom is -0.103 e. The molecule has 0 amide bonds. The summed E-state index contributed by atoms with van der Waals surface area (Å²) in [5.41, 5.74) is 5.26. The van der Waals surface area contributed by atoms with Gasteiger partial charge in [-0.1, -0.05) is 60.7 Å². The first-order chi connectivity index (χ1) is 8.86. The van der Waals surface area contributed by atoms with Gasteiger partial charge in [-0.15, -0.1) is 13.2 Å². The molecule has 0 saturated carbocycles. The van der Waals surface area contributed by atoms with Crippen LogP contribution in [0.2, 0.25) is 0 Å². The van der Waals surface area contributed by atoms with Crippen molar-refractivity contribution in [3.05, 3.63) is 85.0 Å². The van der Waals surface area contributed by atoms with Crippen LogP contribution in [0.5, 0.6) is 0 Å². The van der Waals surface area contributed by atoms with Crippen LogP contribution in [-0.4, -0.2) is 0 Å². The monoisotopic (exact) mass is 234 g/mol. The molecule has 2 aromatic carbocycles. The fourth-order valence-corrected chi connectivity index (χ4v) is 2.25. The smallest absolute Gasteiger partial charge is 0.00911 e. The van der Waals surface area contributed by atoms with Crippen molar-refractivity contribution in [2.75, 3.05) is 0 Å². The van der Waals surface area contributed by atoms with E-state index in [0.717, 1.165) is 12.8 Å². The van der Waals surface area contributed by atoms with Gasteiger partial charge in [0, 0.05) is 0 Å². The van der Waals surface area contributed by atoms with E-state index in [4.69, 9.17) is 0 Å². The van der Waals surface area contributed by atoms with Crippen molar-refractivity contribution in [2.24, 2.45) is 0 Å². The summed E-state index contributed by atoms with van der Waals surface area (Å²) in [5, 5.41) is 0. The van der Waals surface area contributed by atoms with Gasteiger partial charge in [0.25, 0.3) is 0 Å². The molecule has 2 rings (SSSR count). The first-order valence-electron chi connectivity index (χ1n) is 6.24. The molecule has 0 bridgehead atoms. The summed E-state index contributed by atoms with van der Waals surface area (Å²) < 4.78 is 0. The van der Waals surface area contributed by atoms with Crippen molar-refractivity contribution in [1.29, 1.82) is 0 Å². The minimum absolute atomic E-state index is 0.897. The molecule has 0 saturated heterocycles. The van der Waals surface area contributed by atoms with E-state index >= 15 is 0 Å². The van der Waals surface area contributed by atoms with Gasteiger partial charge in [0.15, 0.2) is 0 Å². The Bertz CT molecular complexity index is 535. The van der Waals surface area contributed by atoms with Crippen molar-refractivity contribution in [2.45, 2.75) is 12.8 Å². The first kappa shape index (κ1) is 12.4. The summed E-state index contributed by atoms with van der Waals surface area (Å²) >= 11 is 0. The van der Waals surface area contributed by atoms with Gasteiger partial charge in [-0.3, -0.25) is 0 Å². The molecule has 0 atom stereocenters. The summed E-state index contributed by atoms with van der Waals surface area (Å²) in [4.78, 5) is 0. The minimum atomic E-state index is 0.897. The summed E-state index contributed by atoms with van der Waals surface area (Å²) in [5.74, 6) is 0. The van der Waals surface area contributed by atoms with Gasteiger partial charge in [0.2, 0.25) is 0 Å². The topological polar surface area (TPSA) is 0 Å². The van der Waals surface area contributed by atoms with E-state index in [1.54, 1.807) is 0 Å². The second-order valence-corrected chi connectivity index (χ2v) is 4.29. The Balaban J connectivity index is 2.55. The largest absolute Gasteiger partial charge is 0.103 e. The molecule has 0 radical (unpaired) electrons.